The molecule has 0 bridgehead atoms. The van der Waals surface area contributed by atoms with Gasteiger partial charge in [0.05, 0.1) is 6.26 Å². The van der Waals surface area contributed by atoms with E-state index in [0.29, 0.717) is 0 Å². The first kappa shape index (κ1) is 13.8. The predicted octanol–water partition coefficient (Wildman–Crippen LogP) is 1.94. The monoisotopic (exact) mass is 252 g/mol. The molecule has 0 aliphatic heterocycles. The largest absolute Gasteiger partial charge is 0.265 e. The third-order valence-electron chi connectivity index (χ3n) is 2.41. The van der Waals surface area contributed by atoms with E-state index in [1.165, 1.54) is 11.1 Å². The molecule has 4 heteroatoms. The summed E-state index contributed by atoms with van der Waals surface area (Å²) in [4.78, 5) is 0. The molecular formula is C13H16O3S. The Labute approximate surface area is 103 Å². The van der Waals surface area contributed by atoms with E-state index in [0.717, 1.165) is 17.4 Å². The molecule has 1 aromatic rings. The lowest BCUT2D eigenvalue weighted by molar-refractivity contribution is 0.368. The molecule has 0 heterocycles. The van der Waals surface area contributed by atoms with Crippen LogP contribution in [0.1, 0.15) is 22.3 Å². The molecule has 0 aromatic heterocycles. The molecule has 0 radical (unpaired) electrons. The maximum absolute atomic E-state index is 10.7. The molecule has 1 aromatic carbocycles. The Morgan fingerprint density at radius 3 is 2.29 bits per heavy atom. The van der Waals surface area contributed by atoms with Crippen molar-refractivity contribution >= 4 is 10.1 Å². The number of hydrogen-bond acceptors (Lipinski definition) is 3. The lowest BCUT2D eigenvalue weighted by atomic mass is 10.0. The fraction of sp³-hybridized carbons (Fsp3) is 0.385. The standard InChI is InChI=1S/C13H16O3S/c1-10-8-12(3)13(9-11(10)2)6-5-7-16-17(4,14)15/h8-9H,7H2,1-4H3. The summed E-state index contributed by atoms with van der Waals surface area (Å²) in [6.45, 7) is 5.94. The zero-order chi connectivity index (χ0) is 13.1. The molecule has 0 spiro atoms. The predicted molar refractivity (Wildman–Crippen MR) is 68.3 cm³/mol. The third-order valence-corrected chi connectivity index (χ3v) is 2.95. The van der Waals surface area contributed by atoms with Crippen LogP contribution in [0, 0.1) is 32.6 Å². The maximum atomic E-state index is 10.7. The quantitative estimate of drug-likeness (QED) is 0.597. The number of aryl methyl sites for hydroxylation is 3. The Morgan fingerprint density at radius 2 is 1.71 bits per heavy atom. The number of benzene rings is 1. The number of rotatable bonds is 2. The molecular weight excluding hydrogens is 236 g/mol. The summed E-state index contributed by atoms with van der Waals surface area (Å²) in [5.41, 5.74) is 4.38. The van der Waals surface area contributed by atoms with Crippen LogP contribution in [0.5, 0.6) is 0 Å². The van der Waals surface area contributed by atoms with Gasteiger partial charge in [0.2, 0.25) is 0 Å². The molecule has 0 aliphatic rings. The van der Waals surface area contributed by atoms with Crippen molar-refractivity contribution < 1.29 is 12.6 Å². The van der Waals surface area contributed by atoms with Crippen LogP contribution in [0.15, 0.2) is 12.1 Å². The SMILES string of the molecule is Cc1cc(C)c(C#CCOS(C)(=O)=O)cc1C. The van der Waals surface area contributed by atoms with Gasteiger partial charge in [-0.3, -0.25) is 4.18 Å². The van der Waals surface area contributed by atoms with E-state index in [-0.39, 0.29) is 6.61 Å². The van der Waals surface area contributed by atoms with Crippen LogP contribution < -0.4 is 0 Å². The highest BCUT2D eigenvalue weighted by atomic mass is 32.2. The van der Waals surface area contributed by atoms with E-state index in [4.69, 9.17) is 0 Å². The number of hydrogen-bond donors (Lipinski definition) is 0. The minimum atomic E-state index is -3.41. The van der Waals surface area contributed by atoms with Gasteiger partial charge in [-0.1, -0.05) is 17.9 Å². The van der Waals surface area contributed by atoms with Gasteiger partial charge in [-0.2, -0.15) is 8.42 Å². The minimum Gasteiger partial charge on any atom is -0.257 e. The van der Waals surface area contributed by atoms with Crippen molar-refractivity contribution in [3.05, 3.63) is 34.4 Å². The molecule has 0 aliphatic carbocycles. The van der Waals surface area contributed by atoms with Gasteiger partial charge in [0.1, 0.15) is 6.61 Å². The first-order valence-corrected chi connectivity index (χ1v) is 7.02. The van der Waals surface area contributed by atoms with Crippen molar-refractivity contribution in [2.45, 2.75) is 20.8 Å². The Bertz CT molecular complexity index is 575. The van der Waals surface area contributed by atoms with Gasteiger partial charge in [0.15, 0.2) is 0 Å². The summed E-state index contributed by atoms with van der Waals surface area (Å²) in [6, 6.07) is 4.06. The molecule has 0 fully saturated rings. The topological polar surface area (TPSA) is 43.4 Å². The summed E-state index contributed by atoms with van der Waals surface area (Å²) in [5.74, 6) is 5.61. The average Bonchev–Trinajstić information content (AvgIpc) is 2.18. The summed E-state index contributed by atoms with van der Waals surface area (Å²) in [5, 5.41) is 0. The molecule has 17 heavy (non-hydrogen) atoms. The van der Waals surface area contributed by atoms with Crippen LogP contribution in [-0.2, 0) is 14.3 Å². The normalized spacial score (nSPS) is 10.8. The van der Waals surface area contributed by atoms with E-state index in [2.05, 4.69) is 22.1 Å². The van der Waals surface area contributed by atoms with Gasteiger partial charge >= 0.3 is 0 Å². The van der Waals surface area contributed by atoms with E-state index >= 15 is 0 Å². The zero-order valence-electron chi connectivity index (χ0n) is 10.5. The summed E-state index contributed by atoms with van der Waals surface area (Å²) >= 11 is 0. The van der Waals surface area contributed by atoms with Crippen molar-refractivity contribution in [1.82, 2.24) is 0 Å². The molecule has 0 atom stereocenters. The van der Waals surface area contributed by atoms with Crippen LogP contribution >= 0.6 is 0 Å². The van der Waals surface area contributed by atoms with Crippen molar-refractivity contribution in [1.29, 1.82) is 0 Å². The van der Waals surface area contributed by atoms with Crippen LogP contribution in [0.3, 0.4) is 0 Å². The summed E-state index contributed by atoms with van der Waals surface area (Å²) in [7, 11) is -3.41. The molecule has 0 unspecified atom stereocenters. The highest BCUT2D eigenvalue weighted by Gasteiger charge is 2.00. The van der Waals surface area contributed by atoms with Crippen molar-refractivity contribution in [2.75, 3.05) is 12.9 Å². The highest BCUT2D eigenvalue weighted by molar-refractivity contribution is 7.85. The second kappa shape index (κ2) is 5.35. The second-order valence-electron chi connectivity index (χ2n) is 4.02. The Kier molecular flexibility index (Phi) is 4.33. The van der Waals surface area contributed by atoms with E-state index in [1.807, 2.05) is 26.8 Å². The van der Waals surface area contributed by atoms with Crippen molar-refractivity contribution in [2.24, 2.45) is 0 Å². The average molecular weight is 252 g/mol. The first-order chi connectivity index (χ1) is 7.79. The lowest BCUT2D eigenvalue weighted by Gasteiger charge is -2.04. The van der Waals surface area contributed by atoms with Crippen LogP contribution in [0.25, 0.3) is 0 Å². The maximum Gasteiger partial charge on any atom is 0.265 e. The van der Waals surface area contributed by atoms with Crippen LogP contribution in [0.4, 0.5) is 0 Å². The Hall–Kier alpha value is -1.31. The molecule has 0 N–H and O–H groups in total. The second-order valence-corrected chi connectivity index (χ2v) is 5.66. The molecule has 0 saturated carbocycles. The van der Waals surface area contributed by atoms with Crippen LogP contribution in [-0.4, -0.2) is 21.3 Å². The van der Waals surface area contributed by atoms with Crippen molar-refractivity contribution in [3.63, 3.8) is 0 Å². The summed E-state index contributed by atoms with van der Waals surface area (Å²) in [6.07, 6.45) is 1.01. The fourth-order valence-electron chi connectivity index (χ4n) is 1.36. The minimum absolute atomic E-state index is 0.106. The lowest BCUT2D eigenvalue weighted by Crippen LogP contribution is -2.02. The van der Waals surface area contributed by atoms with Gasteiger partial charge in [-0.05, 0) is 43.5 Å². The zero-order valence-corrected chi connectivity index (χ0v) is 11.3. The van der Waals surface area contributed by atoms with Crippen LogP contribution in [0.2, 0.25) is 0 Å². The summed E-state index contributed by atoms with van der Waals surface area (Å²) < 4.78 is 26.0. The van der Waals surface area contributed by atoms with Gasteiger partial charge < -0.3 is 0 Å². The molecule has 3 nitrogen and oxygen atoms in total. The smallest absolute Gasteiger partial charge is 0.257 e. The Morgan fingerprint density at radius 1 is 1.12 bits per heavy atom. The highest BCUT2D eigenvalue weighted by Crippen LogP contribution is 2.14. The van der Waals surface area contributed by atoms with Gasteiger partial charge in [0, 0.05) is 5.56 Å². The van der Waals surface area contributed by atoms with Gasteiger partial charge in [-0.25, -0.2) is 0 Å². The van der Waals surface area contributed by atoms with E-state index in [9.17, 15) is 8.42 Å². The third kappa shape index (κ3) is 4.59. The van der Waals surface area contributed by atoms with Gasteiger partial charge in [-0.15, -0.1) is 0 Å². The van der Waals surface area contributed by atoms with Gasteiger partial charge in [0.25, 0.3) is 10.1 Å². The van der Waals surface area contributed by atoms with E-state index in [1.54, 1.807) is 0 Å². The molecule has 0 amide bonds. The van der Waals surface area contributed by atoms with E-state index < -0.39 is 10.1 Å². The Balaban J connectivity index is 2.83. The molecule has 92 valence electrons. The molecule has 1 rings (SSSR count). The van der Waals surface area contributed by atoms with Crippen molar-refractivity contribution in [3.8, 4) is 11.8 Å². The molecule has 0 saturated heterocycles. The first-order valence-electron chi connectivity index (χ1n) is 5.21. The fourth-order valence-corrected chi connectivity index (χ4v) is 1.64.